The predicted molar refractivity (Wildman–Crippen MR) is 70.5 cm³/mol. The van der Waals surface area contributed by atoms with Crippen molar-refractivity contribution in [1.82, 2.24) is 4.72 Å². The van der Waals surface area contributed by atoms with Crippen LogP contribution in [0.5, 0.6) is 0 Å². The Bertz CT molecular complexity index is 662. The molecule has 1 amide bonds. The molecule has 0 fully saturated rings. The average Bonchev–Trinajstić information content (AvgIpc) is 2.27. The lowest BCUT2D eigenvalue weighted by Crippen LogP contribution is -2.28. The van der Waals surface area contributed by atoms with Gasteiger partial charge in [0.25, 0.3) is 10.0 Å². The number of carbonyl (C=O) groups is 1. The predicted octanol–water partition coefficient (Wildman–Crippen LogP) is 0.273. The highest BCUT2D eigenvalue weighted by molar-refractivity contribution is 7.92. The van der Waals surface area contributed by atoms with Crippen LogP contribution in [-0.2, 0) is 24.8 Å². The number of nitrogens with one attached hydrogen (secondary N) is 2. The third kappa shape index (κ3) is 4.52. The number of amides is 1. The number of hydrogen-bond donors (Lipinski definition) is 2. The van der Waals surface area contributed by atoms with Crippen LogP contribution >= 0.6 is 0 Å². The molecule has 2 N–H and O–H groups in total. The summed E-state index contributed by atoms with van der Waals surface area (Å²) in [5, 5.41) is 0. The molecule has 0 aliphatic carbocycles. The van der Waals surface area contributed by atoms with E-state index in [9.17, 15) is 21.6 Å². The summed E-state index contributed by atoms with van der Waals surface area (Å²) in [5.74, 6) is -0.783. The molecule has 0 saturated carbocycles. The average molecular weight is 306 g/mol. The van der Waals surface area contributed by atoms with Crippen molar-refractivity contribution in [3.63, 3.8) is 0 Å². The van der Waals surface area contributed by atoms with E-state index in [0.29, 0.717) is 0 Å². The van der Waals surface area contributed by atoms with Crippen LogP contribution in [0, 0.1) is 0 Å². The molecule has 0 unspecified atom stereocenters. The van der Waals surface area contributed by atoms with E-state index in [1.54, 1.807) is 0 Å². The van der Waals surface area contributed by atoms with Crippen LogP contribution in [0.4, 0.5) is 5.69 Å². The maximum absolute atomic E-state index is 11.6. The number of rotatable bonds is 5. The van der Waals surface area contributed by atoms with Crippen LogP contribution in [0.1, 0.15) is 13.8 Å². The van der Waals surface area contributed by atoms with Crippen molar-refractivity contribution in [3.8, 4) is 0 Å². The van der Waals surface area contributed by atoms with E-state index >= 15 is 0 Å². The van der Waals surface area contributed by atoms with Gasteiger partial charge in [-0.2, -0.15) is 0 Å². The van der Waals surface area contributed by atoms with E-state index in [1.165, 1.54) is 31.2 Å². The minimum atomic E-state index is -3.90. The number of benzene rings is 1. The normalized spacial score (nSPS) is 11.9. The summed E-state index contributed by atoms with van der Waals surface area (Å²) in [6, 6.07) is 5.03. The minimum absolute atomic E-state index is 0.0844. The van der Waals surface area contributed by atoms with Crippen molar-refractivity contribution >= 4 is 31.6 Å². The molecular formula is C10H14N2O5S2. The van der Waals surface area contributed by atoms with Gasteiger partial charge in [-0.1, -0.05) is 0 Å². The lowest BCUT2D eigenvalue weighted by Gasteiger charge is -2.08. The Morgan fingerprint density at radius 1 is 1.11 bits per heavy atom. The molecular weight excluding hydrogens is 292 g/mol. The molecule has 7 nitrogen and oxygen atoms in total. The van der Waals surface area contributed by atoms with Gasteiger partial charge < -0.3 is 0 Å². The van der Waals surface area contributed by atoms with Crippen molar-refractivity contribution in [2.75, 3.05) is 10.5 Å². The number of anilines is 1. The first-order chi connectivity index (χ1) is 8.66. The second kappa shape index (κ2) is 5.57. The molecule has 0 saturated heterocycles. The molecule has 1 rings (SSSR count). The van der Waals surface area contributed by atoms with Gasteiger partial charge in [-0.05, 0) is 31.2 Å². The number of carbonyl (C=O) groups excluding carboxylic acids is 1. The Labute approximate surface area is 112 Å². The van der Waals surface area contributed by atoms with Crippen LogP contribution in [0.15, 0.2) is 29.2 Å². The first-order valence-electron chi connectivity index (χ1n) is 5.30. The third-order valence-electron chi connectivity index (χ3n) is 2.10. The van der Waals surface area contributed by atoms with Crippen molar-refractivity contribution in [2.45, 2.75) is 18.7 Å². The summed E-state index contributed by atoms with van der Waals surface area (Å²) in [7, 11) is -7.31. The van der Waals surface area contributed by atoms with Gasteiger partial charge in [-0.25, -0.2) is 21.6 Å². The highest BCUT2D eigenvalue weighted by atomic mass is 32.2. The van der Waals surface area contributed by atoms with E-state index < -0.39 is 26.0 Å². The Morgan fingerprint density at radius 3 is 2.05 bits per heavy atom. The van der Waals surface area contributed by atoms with Crippen molar-refractivity contribution in [1.29, 1.82) is 0 Å². The Morgan fingerprint density at radius 2 is 1.63 bits per heavy atom. The summed E-state index contributed by atoms with van der Waals surface area (Å²) in [6.45, 7) is 2.57. The van der Waals surface area contributed by atoms with E-state index in [4.69, 9.17) is 0 Å². The lowest BCUT2D eigenvalue weighted by molar-refractivity contribution is -0.117. The molecule has 0 atom stereocenters. The fourth-order valence-electron chi connectivity index (χ4n) is 1.20. The van der Waals surface area contributed by atoms with Crippen LogP contribution < -0.4 is 9.44 Å². The van der Waals surface area contributed by atoms with Crippen LogP contribution in [0.25, 0.3) is 0 Å². The summed E-state index contributed by atoms with van der Waals surface area (Å²) in [5.41, 5.74) is 0.253. The van der Waals surface area contributed by atoms with E-state index in [2.05, 4.69) is 4.72 Å². The molecule has 9 heteroatoms. The second-order valence-corrected chi connectivity index (χ2v) is 7.38. The lowest BCUT2D eigenvalue weighted by atomic mass is 10.3. The first-order valence-corrected chi connectivity index (χ1v) is 8.44. The van der Waals surface area contributed by atoms with Crippen molar-refractivity contribution < 1.29 is 21.6 Å². The van der Waals surface area contributed by atoms with Gasteiger partial charge in [0.1, 0.15) is 0 Å². The molecule has 0 aromatic heterocycles. The highest BCUT2D eigenvalue weighted by Gasteiger charge is 2.15. The third-order valence-corrected chi connectivity index (χ3v) is 4.85. The molecule has 0 heterocycles. The highest BCUT2D eigenvalue weighted by Crippen LogP contribution is 2.15. The van der Waals surface area contributed by atoms with Crippen molar-refractivity contribution in [2.24, 2.45) is 0 Å². The fourth-order valence-corrected chi connectivity index (χ4v) is 2.83. The van der Waals surface area contributed by atoms with Crippen LogP contribution in [0.2, 0.25) is 0 Å². The Balaban J connectivity index is 2.97. The van der Waals surface area contributed by atoms with Gasteiger partial charge in [0.2, 0.25) is 15.9 Å². The van der Waals surface area contributed by atoms with E-state index in [-0.39, 0.29) is 16.3 Å². The first kappa shape index (κ1) is 15.4. The number of sulfonamides is 2. The standard InChI is InChI=1S/C10H14N2O5S2/c1-3-18(14,15)12-9-4-6-10(7-5-9)19(16,17)11-8(2)13/h4-7,12H,3H2,1-2H3,(H,11,13). The smallest absolute Gasteiger partial charge is 0.264 e. The van der Waals surface area contributed by atoms with Gasteiger partial charge in [-0.3, -0.25) is 9.52 Å². The molecule has 0 bridgehead atoms. The summed E-state index contributed by atoms with van der Waals surface area (Å²) >= 11 is 0. The van der Waals surface area contributed by atoms with Crippen LogP contribution in [0.3, 0.4) is 0 Å². The molecule has 19 heavy (non-hydrogen) atoms. The number of hydrogen-bond acceptors (Lipinski definition) is 5. The Kier molecular flexibility index (Phi) is 4.53. The van der Waals surface area contributed by atoms with Crippen LogP contribution in [-0.4, -0.2) is 28.5 Å². The summed E-state index contributed by atoms with van der Waals surface area (Å²) < 4.78 is 50.0. The zero-order valence-electron chi connectivity index (χ0n) is 10.4. The molecule has 0 radical (unpaired) electrons. The largest absolute Gasteiger partial charge is 0.284 e. The maximum Gasteiger partial charge on any atom is 0.264 e. The van der Waals surface area contributed by atoms with Gasteiger partial charge >= 0.3 is 0 Å². The molecule has 0 aliphatic rings. The topological polar surface area (TPSA) is 109 Å². The second-order valence-electron chi connectivity index (χ2n) is 3.69. The SMILES string of the molecule is CCS(=O)(=O)Nc1ccc(S(=O)(=O)NC(C)=O)cc1. The maximum atomic E-state index is 11.6. The summed E-state index contributed by atoms with van der Waals surface area (Å²) in [4.78, 5) is 10.6. The fraction of sp³-hybridized carbons (Fsp3) is 0.300. The van der Waals surface area contributed by atoms with E-state index in [1.807, 2.05) is 4.72 Å². The minimum Gasteiger partial charge on any atom is -0.284 e. The zero-order valence-corrected chi connectivity index (χ0v) is 12.0. The molecule has 106 valence electrons. The molecule has 1 aromatic carbocycles. The molecule has 1 aromatic rings. The zero-order chi connectivity index (χ0) is 14.7. The van der Waals surface area contributed by atoms with E-state index in [0.717, 1.165) is 6.92 Å². The summed E-state index contributed by atoms with van der Waals surface area (Å²) in [6.07, 6.45) is 0. The van der Waals surface area contributed by atoms with Crippen molar-refractivity contribution in [3.05, 3.63) is 24.3 Å². The monoisotopic (exact) mass is 306 g/mol. The van der Waals surface area contributed by atoms with Gasteiger partial charge in [0.15, 0.2) is 0 Å². The van der Waals surface area contributed by atoms with Gasteiger partial charge in [-0.15, -0.1) is 0 Å². The van der Waals surface area contributed by atoms with Gasteiger partial charge in [0.05, 0.1) is 10.6 Å². The molecule has 0 spiro atoms. The Hall–Kier alpha value is -1.61. The molecule has 0 aliphatic heterocycles. The quantitative estimate of drug-likeness (QED) is 0.811. The van der Waals surface area contributed by atoms with Gasteiger partial charge in [0, 0.05) is 12.6 Å².